The van der Waals surface area contributed by atoms with Gasteiger partial charge in [-0.2, -0.15) is 0 Å². The molecule has 1 aromatic rings. The number of hydrogen-bond donors (Lipinski definition) is 1. The number of nitrogens with one attached hydrogen (secondary N) is 1. The minimum atomic E-state index is 0.709. The summed E-state index contributed by atoms with van der Waals surface area (Å²) in [7, 11) is 0. The summed E-state index contributed by atoms with van der Waals surface area (Å²) in [6.45, 7) is 11.2. The molecule has 1 N–H and O–H groups in total. The zero-order chi connectivity index (χ0) is 13.2. The summed E-state index contributed by atoms with van der Waals surface area (Å²) in [4.78, 5) is 6.51. The molecule has 1 heterocycles. The minimum Gasteiger partial charge on any atom is -0.491 e. The molecule has 1 aromatic heterocycles. The van der Waals surface area contributed by atoms with Gasteiger partial charge in [-0.1, -0.05) is 20.8 Å². The molecule has 0 radical (unpaired) electrons. The molecule has 0 spiro atoms. The van der Waals surface area contributed by atoms with E-state index in [1.54, 1.807) is 6.20 Å². The van der Waals surface area contributed by atoms with Crippen molar-refractivity contribution in [3.8, 4) is 5.75 Å². The molecule has 0 aliphatic carbocycles. The van der Waals surface area contributed by atoms with Crippen molar-refractivity contribution in [2.45, 2.75) is 27.2 Å². The van der Waals surface area contributed by atoms with E-state index in [2.05, 4.69) is 36.0 Å². The van der Waals surface area contributed by atoms with E-state index in [-0.39, 0.29) is 0 Å². The fourth-order valence-electron chi connectivity index (χ4n) is 1.70. The monoisotopic (exact) mass is 251 g/mol. The smallest absolute Gasteiger partial charge is 0.139 e. The molecule has 0 saturated carbocycles. The summed E-state index contributed by atoms with van der Waals surface area (Å²) in [5.41, 5.74) is 1.03. The Hall–Kier alpha value is -1.29. The number of nitrogens with zero attached hydrogens (tertiary/aromatic N) is 2. The summed E-state index contributed by atoms with van der Waals surface area (Å²) in [5, 5.41) is 3.30. The van der Waals surface area contributed by atoms with E-state index in [1.807, 2.05) is 12.3 Å². The SMILES string of the molecule is CCCNc1cncc(OCCN(CC)CC)c1. The van der Waals surface area contributed by atoms with Gasteiger partial charge < -0.3 is 15.0 Å². The number of likely N-dealkylation sites (N-methyl/N-ethyl adjacent to an activating group) is 1. The van der Waals surface area contributed by atoms with Crippen LogP contribution in [0.25, 0.3) is 0 Å². The first-order valence-corrected chi connectivity index (χ1v) is 6.84. The van der Waals surface area contributed by atoms with Crippen LogP contribution in [0.1, 0.15) is 27.2 Å². The van der Waals surface area contributed by atoms with E-state index in [9.17, 15) is 0 Å². The molecule has 0 bridgehead atoms. The van der Waals surface area contributed by atoms with Crippen LogP contribution in [-0.2, 0) is 0 Å². The number of aromatic nitrogens is 1. The molecule has 1 rings (SSSR count). The molecule has 0 aliphatic heterocycles. The molecule has 0 fully saturated rings. The first-order chi connectivity index (χ1) is 8.80. The Kier molecular flexibility index (Phi) is 7.18. The molecular formula is C14H25N3O. The summed E-state index contributed by atoms with van der Waals surface area (Å²) in [5.74, 6) is 0.836. The highest BCUT2D eigenvalue weighted by molar-refractivity contribution is 5.44. The highest BCUT2D eigenvalue weighted by atomic mass is 16.5. The molecule has 102 valence electrons. The molecular weight excluding hydrogens is 226 g/mol. The Labute approximate surface area is 110 Å². The summed E-state index contributed by atoms with van der Waals surface area (Å²) >= 11 is 0. The molecule has 4 nitrogen and oxygen atoms in total. The maximum atomic E-state index is 5.72. The van der Waals surface area contributed by atoms with Crippen LogP contribution in [-0.4, -0.2) is 42.7 Å². The lowest BCUT2D eigenvalue weighted by atomic mass is 10.3. The fourth-order valence-corrected chi connectivity index (χ4v) is 1.70. The Bertz CT molecular complexity index is 327. The Morgan fingerprint density at radius 3 is 2.67 bits per heavy atom. The maximum Gasteiger partial charge on any atom is 0.139 e. The van der Waals surface area contributed by atoms with E-state index in [1.165, 1.54) is 0 Å². The average Bonchev–Trinajstić information content (AvgIpc) is 2.42. The van der Waals surface area contributed by atoms with E-state index >= 15 is 0 Å². The highest BCUT2D eigenvalue weighted by Crippen LogP contribution is 2.15. The van der Waals surface area contributed by atoms with Gasteiger partial charge in [0.25, 0.3) is 0 Å². The Balaban J connectivity index is 2.37. The van der Waals surface area contributed by atoms with Crippen molar-refractivity contribution in [3.63, 3.8) is 0 Å². The Morgan fingerprint density at radius 1 is 1.22 bits per heavy atom. The average molecular weight is 251 g/mol. The predicted octanol–water partition coefficient (Wildman–Crippen LogP) is 2.62. The first kappa shape index (κ1) is 14.8. The first-order valence-electron chi connectivity index (χ1n) is 6.84. The molecule has 0 aromatic carbocycles. The fraction of sp³-hybridized carbons (Fsp3) is 0.643. The van der Waals surface area contributed by atoms with Crippen LogP contribution in [0, 0.1) is 0 Å². The summed E-state index contributed by atoms with van der Waals surface area (Å²) in [6, 6.07) is 2.00. The molecule has 4 heteroatoms. The second-order valence-electron chi connectivity index (χ2n) is 4.21. The van der Waals surface area contributed by atoms with Crippen LogP contribution in [0.3, 0.4) is 0 Å². The lowest BCUT2D eigenvalue weighted by Gasteiger charge is -2.18. The van der Waals surface area contributed by atoms with Gasteiger partial charge in [0.2, 0.25) is 0 Å². The third-order valence-electron chi connectivity index (χ3n) is 2.86. The van der Waals surface area contributed by atoms with Crippen molar-refractivity contribution in [2.24, 2.45) is 0 Å². The normalized spacial score (nSPS) is 10.7. The molecule has 0 atom stereocenters. The van der Waals surface area contributed by atoms with Crippen molar-refractivity contribution in [1.82, 2.24) is 9.88 Å². The Morgan fingerprint density at radius 2 is 2.00 bits per heavy atom. The molecule has 0 saturated heterocycles. The van der Waals surface area contributed by atoms with Crippen molar-refractivity contribution < 1.29 is 4.74 Å². The summed E-state index contributed by atoms with van der Waals surface area (Å²) in [6.07, 6.45) is 4.69. The predicted molar refractivity (Wildman–Crippen MR) is 76.3 cm³/mol. The van der Waals surface area contributed by atoms with E-state index in [0.29, 0.717) is 6.61 Å². The summed E-state index contributed by atoms with van der Waals surface area (Å²) < 4.78 is 5.72. The maximum absolute atomic E-state index is 5.72. The lowest BCUT2D eigenvalue weighted by Crippen LogP contribution is -2.27. The number of hydrogen-bond acceptors (Lipinski definition) is 4. The number of pyridine rings is 1. The number of ether oxygens (including phenoxy) is 1. The van der Waals surface area contributed by atoms with Gasteiger partial charge in [0, 0.05) is 19.2 Å². The number of anilines is 1. The van der Waals surface area contributed by atoms with Crippen LogP contribution >= 0.6 is 0 Å². The van der Waals surface area contributed by atoms with Crippen molar-refractivity contribution >= 4 is 5.69 Å². The minimum absolute atomic E-state index is 0.709. The lowest BCUT2D eigenvalue weighted by molar-refractivity contribution is 0.222. The number of rotatable bonds is 9. The molecule has 0 amide bonds. The topological polar surface area (TPSA) is 37.4 Å². The van der Waals surface area contributed by atoms with E-state index < -0.39 is 0 Å². The third-order valence-corrected chi connectivity index (χ3v) is 2.86. The van der Waals surface area contributed by atoms with Crippen LogP contribution in [0.2, 0.25) is 0 Å². The quantitative estimate of drug-likeness (QED) is 0.732. The van der Waals surface area contributed by atoms with Crippen molar-refractivity contribution in [1.29, 1.82) is 0 Å². The van der Waals surface area contributed by atoms with E-state index in [4.69, 9.17) is 4.74 Å². The van der Waals surface area contributed by atoms with Gasteiger partial charge in [-0.15, -0.1) is 0 Å². The van der Waals surface area contributed by atoms with E-state index in [0.717, 1.165) is 44.0 Å². The van der Waals surface area contributed by atoms with Gasteiger partial charge in [-0.25, -0.2) is 0 Å². The van der Waals surface area contributed by atoms with Gasteiger partial charge >= 0.3 is 0 Å². The van der Waals surface area contributed by atoms with Gasteiger partial charge in [0.1, 0.15) is 12.4 Å². The van der Waals surface area contributed by atoms with Gasteiger partial charge in [-0.3, -0.25) is 4.98 Å². The largest absolute Gasteiger partial charge is 0.491 e. The van der Waals surface area contributed by atoms with Gasteiger partial charge in [-0.05, 0) is 19.5 Å². The van der Waals surface area contributed by atoms with Crippen LogP contribution in [0.5, 0.6) is 5.75 Å². The van der Waals surface area contributed by atoms with Crippen molar-refractivity contribution in [2.75, 3.05) is 38.1 Å². The highest BCUT2D eigenvalue weighted by Gasteiger charge is 2.00. The van der Waals surface area contributed by atoms with Gasteiger partial charge in [0.15, 0.2) is 0 Å². The second-order valence-corrected chi connectivity index (χ2v) is 4.21. The zero-order valence-electron chi connectivity index (χ0n) is 11.8. The standard InChI is InChI=1S/C14H25N3O/c1-4-7-16-13-10-14(12-15-11-13)18-9-8-17(5-2)6-3/h10-12,16H,4-9H2,1-3H3. The zero-order valence-corrected chi connectivity index (χ0v) is 11.8. The van der Waals surface area contributed by atoms with Crippen LogP contribution < -0.4 is 10.1 Å². The van der Waals surface area contributed by atoms with Crippen LogP contribution in [0.4, 0.5) is 5.69 Å². The third kappa shape index (κ3) is 5.36. The molecule has 18 heavy (non-hydrogen) atoms. The molecule has 0 aliphatic rings. The second kappa shape index (κ2) is 8.75. The van der Waals surface area contributed by atoms with Crippen molar-refractivity contribution in [3.05, 3.63) is 18.5 Å². The molecule has 0 unspecified atom stereocenters. The van der Waals surface area contributed by atoms with Gasteiger partial charge in [0.05, 0.1) is 18.1 Å². The van der Waals surface area contributed by atoms with Crippen LogP contribution in [0.15, 0.2) is 18.5 Å².